The maximum absolute atomic E-state index is 3.63. The van der Waals surface area contributed by atoms with E-state index in [9.17, 15) is 0 Å². The maximum atomic E-state index is 3.63. The van der Waals surface area contributed by atoms with Crippen LogP contribution < -0.4 is 5.32 Å². The highest BCUT2D eigenvalue weighted by atomic mass is 32.1. The van der Waals surface area contributed by atoms with Crippen LogP contribution in [0.4, 0.5) is 0 Å². The molecule has 3 heteroatoms. The first kappa shape index (κ1) is 16.7. The fourth-order valence-electron chi connectivity index (χ4n) is 2.39. The molecule has 0 fully saturated rings. The fourth-order valence-corrected chi connectivity index (χ4v) is 3.12. The summed E-state index contributed by atoms with van der Waals surface area (Å²) in [6, 6.07) is 5.06. The number of thiophene rings is 1. The molecule has 0 spiro atoms. The minimum atomic E-state index is 0.663. The molecule has 1 aromatic heterocycles. The Morgan fingerprint density at radius 2 is 2.05 bits per heavy atom. The first-order valence-electron chi connectivity index (χ1n) is 7.64. The highest BCUT2D eigenvalue weighted by molar-refractivity contribution is 7.09. The van der Waals surface area contributed by atoms with E-state index in [1.165, 1.54) is 17.7 Å². The van der Waals surface area contributed by atoms with E-state index >= 15 is 0 Å². The van der Waals surface area contributed by atoms with Crippen molar-refractivity contribution >= 4 is 11.3 Å². The van der Waals surface area contributed by atoms with Crippen molar-refractivity contribution in [3.63, 3.8) is 0 Å². The summed E-state index contributed by atoms with van der Waals surface area (Å²) in [5.74, 6) is 0.731. The van der Waals surface area contributed by atoms with Crippen molar-refractivity contribution in [1.29, 1.82) is 0 Å². The molecule has 1 rings (SSSR count). The van der Waals surface area contributed by atoms with Crippen LogP contribution in [0, 0.1) is 5.92 Å². The average molecular weight is 282 g/mol. The third-order valence-electron chi connectivity index (χ3n) is 3.42. The van der Waals surface area contributed by atoms with Crippen molar-refractivity contribution in [2.24, 2.45) is 5.92 Å². The van der Waals surface area contributed by atoms with Gasteiger partial charge < -0.3 is 5.32 Å². The Hall–Kier alpha value is -0.380. The Morgan fingerprint density at radius 1 is 1.26 bits per heavy atom. The van der Waals surface area contributed by atoms with Crippen LogP contribution in [0.25, 0.3) is 0 Å². The molecular weight excluding hydrogens is 252 g/mol. The van der Waals surface area contributed by atoms with Crippen LogP contribution in [0.1, 0.15) is 45.4 Å². The van der Waals surface area contributed by atoms with Crippen LogP contribution >= 0.6 is 11.3 Å². The van der Waals surface area contributed by atoms with E-state index in [1.807, 2.05) is 11.3 Å². The minimum Gasteiger partial charge on any atom is -0.315 e. The zero-order valence-corrected chi connectivity index (χ0v) is 13.8. The summed E-state index contributed by atoms with van der Waals surface area (Å²) in [4.78, 5) is 4.09. The monoisotopic (exact) mass is 282 g/mol. The molecule has 0 saturated carbocycles. The summed E-state index contributed by atoms with van der Waals surface area (Å²) in [5, 5.41) is 5.80. The Kier molecular flexibility index (Phi) is 8.35. The zero-order valence-electron chi connectivity index (χ0n) is 13.0. The van der Waals surface area contributed by atoms with Gasteiger partial charge in [-0.1, -0.05) is 40.2 Å². The van der Waals surface area contributed by atoms with Gasteiger partial charge in [-0.3, -0.25) is 4.90 Å². The Bertz CT molecular complexity index is 309. The highest BCUT2D eigenvalue weighted by Crippen LogP contribution is 2.15. The van der Waals surface area contributed by atoms with Crippen LogP contribution in [0.3, 0.4) is 0 Å². The van der Waals surface area contributed by atoms with Gasteiger partial charge >= 0.3 is 0 Å². The molecule has 0 aliphatic rings. The van der Waals surface area contributed by atoms with Gasteiger partial charge in [0, 0.05) is 24.0 Å². The number of hydrogen-bond donors (Lipinski definition) is 1. The van der Waals surface area contributed by atoms with Crippen LogP contribution in [0.5, 0.6) is 0 Å². The van der Waals surface area contributed by atoms with Crippen LogP contribution in [0.15, 0.2) is 17.5 Å². The quantitative estimate of drug-likeness (QED) is 0.698. The molecule has 1 atom stereocenters. The lowest BCUT2D eigenvalue weighted by Crippen LogP contribution is -2.42. The van der Waals surface area contributed by atoms with Gasteiger partial charge in [-0.25, -0.2) is 0 Å². The van der Waals surface area contributed by atoms with Crippen molar-refractivity contribution in [1.82, 2.24) is 10.2 Å². The third-order valence-corrected chi connectivity index (χ3v) is 4.28. The number of likely N-dealkylation sites (N-methyl/N-ethyl adjacent to an activating group) is 1. The summed E-state index contributed by atoms with van der Waals surface area (Å²) in [6.07, 6.45) is 2.54. The van der Waals surface area contributed by atoms with Gasteiger partial charge in [0.25, 0.3) is 0 Å². The molecule has 1 unspecified atom stereocenters. The topological polar surface area (TPSA) is 15.3 Å². The summed E-state index contributed by atoms with van der Waals surface area (Å²) >= 11 is 1.87. The van der Waals surface area contributed by atoms with E-state index in [4.69, 9.17) is 0 Å². The predicted molar refractivity (Wildman–Crippen MR) is 86.8 cm³/mol. The fraction of sp³-hybridized carbons (Fsp3) is 0.750. The summed E-state index contributed by atoms with van der Waals surface area (Å²) in [5.41, 5.74) is 0. The van der Waals surface area contributed by atoms with E-state index in [0.717, 1.165) is 32.1 Å². The molecule has 0 aromatic carbocycles. The molecular formula is C16H30N2S. The molecule has 0 radical (unpaired) electrons. The third kappa shape index (κ3) is 6.55. The molecule has 0 aliphatic heterocycles. The van der Waals surface area contributed by atoms with Crippen LogP contribution in [-0.2, 0) is 6.54 Å². The normalized spacial score (nSPS) is 13.4. The van der Waals surface area contributed by atoms with E-state index in [1.54, 1.807) is 0 Å². The Balaban J connectivity index is 2.50. The SMILES string of the molecule is CCCC(CNCC(C)C)N(CC)Cc1cccs1. The van der Waals surface area contributed by atoms with Gasteiger partial charge in [-0.2, -0.15) is 0 Å². The van der Waals surface area contributed by atoms with Gasteiger partial charge in [0.1, 0.15) is 0 Å². The van der Waals surface area contributed by atoms with Crippen LogP contribution in [0.2, 0.25) is 0 Å². The molecule has 1 aromatic rings. The average Bonchev–Trinajstić information content (AvgIpc) is 2.87. The van der Waals surface area contributed by atoms with E-state index in [2.05, 4.69) is 55.4 Å². The smallest absolute Gasteiger partial charge is 0.0331 e. The van der Waals surface area contributed by atoms with E-state index in [-0.39, 0.29) is 0 Å². The molecule has 0 amide bonds. The van der Waals surface area contributed by atoms with Crippen molar-refractivity contribution in [3.05, 3.63) is 22.4 Å². The highest BCUT2D eigenvalue weighted by Gasteiger charge is 2.16. The van der Waals surface area contributed by atoms with Crippen molar-refractivity contribution < 1.29 is 0 Å². The number of nitrogens with zero attached hydrogens (tertiary/aromatic N) is 1. The Labute approximate surface area is 123 Å². The van der Waals surface area contributed by atoms with Gasteiger partial charge in [0.05, 0.1) is 0 Å². The van der Waals surface area contributed by atoms with E-state index < -0.39 is 0 Å². The molecule has 19 heavy (non-hydrogen) atoms. The van der Waals surface area contributed by atoms with E-state index in [0.29, 0.717) is 6.04 Å². The second-order valence-electron chi connectivity index (χ2n) is 5.64. The summed E-state index contributed by atoms with van der Waals surface area (Å²) in [7, 11) is 0. The Morgan fingerprint density at radius 3 is 2.58 bits per heavy atom. The molecule has 1 N–H and O–H groups in total. The molecule has 2 nitrogen and oxygen atoms in total. The molecule has 110 valence electrons. The van der Waals surface area contributed by atoms with Crippen molar-refractivity contribution in [3.8, 4) is 0 Å². The lowest BCUT2D eigenvalue weighted by molar-refractivity contribution is 0.182. The standard InChI is InChI=1S/C16H30N2S/c1-5-8-15(12-17-11-14(3)4)18(6-2)13-16-9-7-10-19-16/h7,9-10,14-15,17H,5-6,8,11-13H2,1-4H3. The first-order chi connectivity index (χ1) is 9.17. The second kappa shape index (κ2) is 9.51. The predicted octanol–water partition coefficient (Wildman–Crippen LogP) is 3.98. The lowest BCUT2D eigenvalue weighted by Gasteiger charge is -2.31. The van der Waals surface area contributed by atoms with Crippen LogP contribution in [-0.4, -0.2) is 30.6 Å². The molecule has 0 bridgehead atoms. The van der Waals surface area contributed by atoms with Gasteiger partial charge in [-0.15, -0.1) is 11.3 Å². The van der Waals surface area contributed by atoms with Gasteiger partial charge in [0.2, 0.25) is 0 Å². The molecule has 1 heterocycles. The maximum Gasteiger partial charge on any atom is 0.0331 e. The second-order valence-corrected chi connectivity index (χ2v) is 6.67. The number of rotatable bonds is 10. The summed E-state index contributed by atoms with van der Waals surface area (Å²) in [6.45, 7) is 13.6. The zero-order chi connectivity index (χ0) is 14.1. The summed E-state index contributed by atoms with van der Waals surface area (Å²) < 4.78 is 0. The van der Waals surface area contributed by atoms with Crippen molar-refractivity contribution in [2.45, 2.75) is 53.1 Å². The van der Waals surface area contributed by atoms with Crippen molar-refractivity contribution in [2.75, 3.05) is 19.6 Å². The van der Waals surface area contributed by atoms with Gasteiger partial charge in [-0.05, 0) is 36.9 Å². The number of nitrogens with one attached hydrogen (secondary N) is 1. The van der Waals surface area contributed by atoms with Gasteiger partial charge in [0.15, 0.2) is 0 Å². The molecule has 0 saturated heterocycles. The number of hydrogen-bond acceptors (Lipinski definition) is 3. The first-order valence-corrected chi connectivity index (χ1v) is 8.52. The molecule has 0 aliphatic carbocycles. The lowest BCUT2D eigenvalue weighted by atomic mass is 10.1. The minimum absolute atomic E-state index is 0.663. The largest absolute Gasteiger partial charge is 0.315 e.